The van der Waals surface area contributed by atoms with Gasteiger partial charge in [0.05, 0.1) is 11.1 Å². The number of pyridine rings is 2. The number of hydrogen-bond donors (Lipinski definition) is 1. The van der Waals surface area contributed by atoms with Crippen LogP contribution in [0.25, 0.3) is 16.6 Å². The predicted octanol–water partition coefficient (Wildman–Crippen LogP) is 2.89. The number of anilines is 2. The van der Waals surface area contributed by atoms with E-state index in [4.69, 9.17) is 5.26 Å². The maximum atomic E-state index is 9.09. The van der Waals surface area contributed by atoms with Crippen LogP contribution in [-0.4, -0.2) is 19.6 Å². The van der Waals surface area contributed by atoms with Gasteiger partial charge in [-0.2, -0.15) is 10.2 Å². The summed E-state index contributed by atoms with van der Waals surface area (Å²) in [5, 5.41) is 17.6. The molecular weight excluding hydrogens is 276 g/mol. The zero-order valence-electron chi connectivity index (χ0n) is 11.4. The molecule has 0 atom stereocenters. The number of nitriles is 1. The second-order valence-electron chi connectivity index (χ2n) is 4.77. The van der Waals surface area contributed by atoms with Gasteiger partial charge >= 0.3 is 0 Å². The predicted molar refractivity (Wildman–Crippen MR) is 82.7 cm³/mol. The number of fused-ring (bicyclic) bond motifs is 2. The molecule has 0 unspecified atom stereocenters. The molecule has 0 aliphatic heterocycles. The van der Waals surface area contributed by atoms with Crippen LogP contribution in [0.4, 0.5) is 11.6 Å². The van der Waals surface area contributed by atoms with E-state index in [1.807, 2.05) is 30.3 Å². The average molecular weight is 286 g/mol. The molecule has 4 aromatic rings. The number of aromatic nitrogens is 4. The van der Waals surface area contributed by atoms with Gasteiger partial charge in [-0.25, -0.2) is 4.52 Å². The second kappa shape index (κ2) is 4.82. The molecule has 3 aromatic heterocycles. The van der Waals surface area contributed by atoms with Crippen molar-refractivity contribution in [3.8, 4) is 6.07 Å². The van der Waals surface area contributed by atoms with Crippen molar-refractivity contribution in [2.45, 2.75) is 0 Å². The molecule has 3 heterocycles. The summed E-state index contributed by atoms with van der Waals surface area (Å²) in [6, 6.07) is 15.3. The van der Waals surface area contributed by atoms with Crippen LogP contribution in [0, 0.1) is 11.3 Å². The minimum atomic E-state index is 0.450. The van der Waals surface area contributed by atoms with Crippen LogP contribution in [-0.2, 0) is 0 Å². The van der Waals surface area contributed by atoms with Crippen LogP contribution in [0.1, 0.15) is 5.56 Å². The average Bonchev–Trinajstić information content (AvgIpc) is 2.97. The molecule has 4 rings (SSSR count). The number of hydrogen-bond acceptors (Lipinski definition) is 5. The first-order valence-electron chi connectivity index (χ1n) is 6.71. The molecule has 0 amide bonds. The maximum absolute atomic E-state index is 9.09. The molecule has 6 heteroatoms. The zero-order valence-corrected chi connectivity index (χ0v) is 11.4. The summed E-state index contributed by atoms with van der Waals surface area (Å²) in [4.78, 5) is 8.65. The van der Waals surface area contributed by atoms with Crippen molar-refractivity contribution < 1.29 is 0 Å². The first kappa shape index (κ1) is 12.3. The SMILES string of the molecule is N#Cc1cccn2nc(Nc3ccc4ncccc4c3)nc12. The van der Waals surface area contributed by atoms with Gasteiger partial charge in [0.1, 0.15) is 6.07 Å². The first-order chi connectivity index (χ1) is 10.8. The van der Waals surface area contributed by atoms with Crippen molar-refractivity contribution in [3.05, 3.63) is 60.4 Å². The van der Waals surface area contributed by atoms with Crippen LogP contribution in [0.2, 0.25) is 0 Å². The van der Waals surface area contributed by atoms with Crippen molar-refractivity contribution in [2.75, 3.05) is 5.32 Å². The quantitative estimate of drug-likeness (QED) is 0.613. The molecule has 0 aliphatic carbocycles. The highest BCUT2D eigenvalue weighted by atomic mass is 15.3. The van der Waals surface area contributed by atoms with Crippen LogP contribution in [0.15, 0.2) is 54.9 Å². The van der Waals surface area contributed by atoms with E-state index in [2.05, 4.69) is 26.5 Å². The van der Waals surface area contributed by atoms with Crippen molar-refractivity contribution in [1.29, 1.82) is 5.26 Å². The molecule has 1 N–H and O–H groups in total. The molecule has 0 spiro atoms. The summed E-state index contributed by atoms with van der Waals surface area (Å²) in [5.41, 5.74) is 2.83. The standard InChI is InChI=1S/C16H10N6/c17-10-12-4-2-8-22-15(12)20-16(21-22)19-13-5-6-14-11(9-13)3-1-7-18-14/h1-9H,(H,19,21). The van der Waals surface area contributed by atoms with Gasteiger partial charge < -0.3 is 5.32 Å². The van der Waals surface area contributed by atoms with E-state index in [9.17, 15) is 0 Å². The molecular formula is C16H10N6. The van der Waals surface area contributed by atoms with Crippen LogP contribution in [0.5, 0.6) is 0 Å². The molecule has 22 heavy (non-hydrogen) atoms. The van der Waals surface area contributed by atoms with Gasteiger partial charge in [0.25, 0.3) is 0 Å². The van der Waals surface area contributed by atoms with E-state index < -0.39 is 0 Å². The lowest BCUT2D eigenvalue weighted by Crippen LogP contribution is -1.93. The fourth-order valence-electron chi connectivity index (χ4n) is 2.33. The minimum Gasteiger partial charge on any atom is -0.323 e. The van der Waals surface area contributed by atoms with E-state index in [0.29, 0.717) is 17.2 Å². The van der Waals surface area contributed by atoms with E-state index in [-0.39, 0.29) is 0 Å². The van der Waals surface area contributed by atoms with Gasteiger partial charge in [0.15, 0.2) is 5.65 Å². The molecule has 0 bridgehead atoms. The summed E-state index contributed by atoms with van der Waals surface area (Å²) < 4.78 is 1.59. The Kier molecular flexibility index (Phi) is 2.70. The van der Waals surface area contributed by atoms with Crippen LogP contribution in [0.3, 0.4) is 0 Å². The van der Waals surface area contributed by atoms with Crippen molar-refractivity contribution in [3.63, 3.8) is 0 Å². The van der Waals surface area contributed by atoms with E-state index in [0.717, 1.165) is 16.6 Å². The monoisotopic (exact) mass is 286 g/mol. The second-order valence-corrected chi connectivity index (χ2v) is 4.77. The fraction of sp³-hybridized carbons (Fsp3) is 0. The number of nitrogens with zero attached hydrogens (tertiary/aromatic N) is 5. The van der Waals surface area contributed by atoms with Gasteiger partial charge in [-0.1, -0.05) is 6.07 Å². The van der Waals surface area contributed by atoms with E-state index >= 15 is 0 Å². The molecule has 0 saturated heterocycles. The van der Waals surface area contributed by atoms with E-state index in [1.165, 1.54) is 0 Å². The van der Waals surface area contributed by atoms with Crippen molar-refractivity contribution >= 4 is 28.2 Å². The highest BCUT2D eigenvalue weighted by Gasteiger charge is 2.08. The van der Waals surface area contributed by atoms with Gasteiger partial charge in [-0.05, 0) is 36.4 Å². The topological polar surface area (TPSA) is 78.9 Å². The fourth-order valence-corrected chi connectivity index (χ4v) is 2.33. The molecule has 0 aliphatic rings. The number of benzene rings is 1. The molecule has 104 valence electrons. The Morgan fingerprint density at radius 2 is 2.09 bits per heavy atom. The lowest BCUT2D eigenvalue weighted by atomic mass is 10.2. The summed E-state index contributed by atoms with van der Waals surface area (Å²) >= 11 is 0. The van der Waals surface area contributed by atoms with Gasteiger partial charge in [-0.15, -0.1) is 5.10 Å². The van der Waals surface area contributed by atoms with Gasteiger partial charge in [0, 0.05) is 23.5 Å². The lowest BCUT2D eigenvalue weighted by molar-refractivity contribution is 0.963. The Labute approximate surface area is 125 Å². The summed E-state index contributed by atoms with van der Waals surface area (Å²) in [7, 11) is 0. The summed E-state index contributed by atoms with van der Waals surface area (Å²) in [5.74, 6) is 0.450. The highest BCUT2D eigenvalue weighted by molar-refractivity contribution is 5.82. The zero-order chi connectivity index (χ0) is 14.9. The molecule has 6 nitrogen and oxygen atoms in total. The maximum Gasteiger partial charge on any atom is 0.247 e. The number of nitrogens with one attached hydrogen (secondary N) is 1. The first-order valence-corrected chi connectivity index (χ1v) is 6.71. The Balaban J connectivity index is 1.74. The number of rotatable bonds is 2. The molecule has 0 saturated carbocycles. The van der Waals surface area contributed by atoms with Crippen molar-refractivity contribution in [2.24, 2.45) is 0 Å². The molecule has 1 aromatic carbocycles. The third-order valence-electron chi connectivity index (χ3n) is 3.34. The van der Waals surface area contributed by atoms with Crippen LogP contribution < -0.4 is 5.32 Å². The van der Waals surface area contributed by atoms with Gasteiger partial charge in [0.2, 0.25) is 5.95 Å². The Hall–Kier alpha value is -3.46. The Morgan fingerprint density at radius 3 is 3.00 bits per heavy atom. The third kappa shape index (κ3) is 2.01. The Bertz CT molecular complexity index is 1030. The highest BCUT2D eigenvalue weighted by Crippen LogP contribution is 2.20. The van der Waals surface area contributed by atoms with E-state index in [1.54, 1.807) is 29.0 Å². The normalized spacial score (nSPS) is 10.7. The minimum absolute atomic E-state index is 0.450. The summed E-state index contributed by atoms with van der Waals surface area (Å²) in [6.07, 6.45) is 3.53. The third-order valence-corrected chi connectivity index (χ3v) is 3.34. The largest absolute Gasteiger partial charge is 0.323 e. The van der Waals surface area contributed by atoms with Gasteiger partial charge in [-0.3, -0.25) is 4.98 Å². The smallest absolute Gasteiger partial charge is 0.247 e. The summed E-state index contributed by atoms with van der Waals surface area (Å²) in [6.45, 7) is 0. The van der Waals surface area contributed by atoms with Crippen molar-refractivity contribution in [1.82, 2.24) is 19.6 Å². The van der Waals surface area contributed by atoms with Crippen LogP contribution >= 0.6 is 0 Å². The molecule has 0 radical (unpaired) electrons. The lowest BCUT2D eigenvalue weighted by Gasteiger charge is -2.03. The Morgan fingerprint density at radius 1 is 1.14 bits per heavy atom. The molecule has 0 fully saturated rings.